The monoisotopic (exact) mass is 203 g/mol. The van der Waals surface area contributed by atoms with Gasteiger partial charge in [0.1, 0.15) is 0 Å². The summed E-state index contributed by atoms with van der Waals surface area (Å²) in [5.74, 6) is 0.340. The van der Waals surface area contributed by atoms with E-state index in [9.17, 15) is 0 Å². The second-order valence-electron chi connectivity index (χ2n) is 2.76. The van der Waals surface area contributed by atoms with Gasteiger partial charge < -0.3 is 4.72 Å². The molecule has 56 valence electrons. The van der Waals surface area contributed by atoms with Crippen LogP contribution in [0.15, 0.2) is 0 Å². The molecule has 0 aromatic heterocycles. The average Bonchev–Trinajstić information content (AvgIpc) is 2.07. The average molecular weight is 204 g/mol. The Morgan fingerprint density at radius 2 is 1.60 bits per heavy atom. The van der Waals surface area contributed by atoms with Gasteiger partial charge in [0.05, 0.1) is 0 Å². The molecule has 0 bridgehead atoms. The summed E-state index contributed by atoms with van der Waals surface area (Å²) in [5, 5.41) is 0. The van der Waals surface area contributed by atoms with Crippen LogP contribution in [0.3, 0.4) is 0 Å². The van der Waals surface area contributed by atoms with Crippen LogP contribution < -0.4 is 0 Å². The molecule has 0 amide bonds. The first-order chi connectivity index (χ1) is 4.55. The second-order valence-corrected chi connectivity index (χ2v) is 3.57. The van der Waals surface area contributed by atoms with Crippen LogP contribution in [-0.2, 0) is 0 Å². The molecule has 0 saturated carbocycles. The Kier molecular flexibility index (Phi) is 2.45. The molecule has 1 saturated heterocycles. The lowest BCUT2D eigenvalue weighted by molar-refractivity contribution is 0.250. The number of nitrogens with zero attached hydrogens (tertiary/aromatic N) is 3. The predicted molar refractivity (Wildman–Crippen MR) is 49.6 cm³/mol. The Balaban J connectivity index is 2.68. The Labute approximate surface area is 71.5 Å². The highest BCUT2D eigenvalue weighted by molar-refractivity contribution is 9.24. The molecule has 1 heterocycles. The first-order valence-electron chi connectivity index (χ1n) is 3.37. The van der Waals surface area contributed by atoms with Crippen molar-refractivity contribution in [3.8, 4) is 0 Å². The summed E-state index contributed by atoms with van der Waals surface area (Å²) in [4.78, 5) is 4.35. The van der Waals surface area contributed by atoms with Crippen LogP contribution in [0.1, 0.15) is 0 Å². The lowest BCUT2D eigenvalue weighted by Crippen LogP contribution is -2.39. The maximum atomic E-state index is 3.56. The number of hydrogen-bond donors (Lipinski definition) is 0. The molecule has 0 N–H and O–H groups in total. The SMILES string of the molecule is CB1N(C)B(Br)N(C)N1C. The number of halogens is 1. The fourth-order valence-corrected chi connectivity index (χ4v) is 1.75. The zero-order chi connectivity index (χ0) is 7.89. The molecule has 10 heavy (non-hydrogen) atoms. The van der Waals surface area contributed by atoms with E-state index in [-0.39, 0.29) is 0 Å². The molecule has 0 unspecified atom stereocenters. The van der Waals surface area contributed by atoms with Gasteiger partial charge in [-0.15, -0.1) is 15.8 Å². The Morgan fingerprint density at radius 1 is 1.10 bits per heavy atom. The second kappa shape index (κ2) is 2.85. The third-order valence-corrected chi connectivity index (χ3v) is 3.51. The Morgan fingerprint density at radius 3 is 1.70 bits per heavy atom. The normalized spacial score (nSPS) is 24.9. The van der Waals surface area contributed by atoms with Crippen LogP contribution in [0.5, 0.6) is 0 Å². The molecular weight excluding hydrogens is 192 g/mol. The number of hydrogen-bond acceptors (Lipinski definition) is 3. The van der Waals surface area contributed by atoms with Crippen LogP contribution in [0.25, 0.3) is 0 Å². The highest BCUT2D eigenvalue weighted by Crippen LogP contribution is 2.17. The molecule has 6 heteroatoms. The van der Waals surface area contributed by atoms with Crippen molar-refractivity contribution >= 4 is 28.5 Å². The third-order valence-electron chi connectivity index (χ3n) is 2.27. The van der Waals surface area contributed by atoms with Crippen molar-refractivity contribution in [1.82, 2.24) is 14.6 Å². The predicted octanol–water partition coefficient (Wildman–Crippen LogP) is 0.208. The van der Waals surface area contributed by atoms with Gasteiger partial charge >= 0.3 is 12.8 Å². The maximum absolute atomic E-state index is 3.56. The summed E-state index contributed by atoms with van der Waals surface area (Å²) in [6.07, 6.45) is 0. The van der Waals surface area contributed by atoms with E-state index in [1.54, 1.807) is 0 Å². The molecule has 1 rings (SSSR count). The van der Waals surface area contributed by atoms with Crippen LogP contribution >= 0.6 is 15.8 Å². The van der Waals surface area contributed by atoms with Gasteiger partial charge in [-0.3, -0.25) is 9.84 Å². The molecule has 0 aromatic carbocycles. The summed E-state index contributed by atoms with van der Waals surface area (Å²) < 4.78 is 2.25. The molecule has 1 aliphatic heterocycles. The largest absolute Gasteiger partial charge is 0.393 e. The molecular formula is C4H12B2BrN3. The quantitative estimate of drug-likeness (QED) is 0.522. The van der Waals surface area contributed by atoms with Crippen molar-refractivity contribution in [2.75, 3.05) is 21.1 Å². The van der Waals surface area contributed by atoms with Crippen molar-refractivity contribution in [1.29, 1.82) is 0 Å². The van der Waals surface area contributed by atoms with E-state index < -0.39 is 0 Å². The number of hydrazine groups is 1. The first-order valence-corrected chi connectivity index (χ1v) is 4.29. The van der Waals surface area contributed by atoms with Gasteiger partial charge in [-0.25, -0.2) is 0 Å². The third kappa shape index (κ3) is 1.13. The van der Waals surface area contributed by atoms with Gasteiger partial charge in [-0.1, -0.05) is 6.82 Å². The van der Waals surface area contributed by atoms with Crippen LogP contribution in [0.2, 0.25) is 6.82 Å². The molecule has 0 atom stereocenters. The smallest absolute Gasteiger partial charge is 0.347 e. The zero-order valence-electron chi connectivity index (χ0n) is 6.87. The van der Waals surface area contributed by atoms with Crippen LogP contribution in [0.4, 0.5) is 0 Å². The molecule has 1 fully saturated rings. The lowest BCUT2D eigenvalue weighted by atomic mass is 9.75. The van der Waals surface area contributed by atoms with E-state index in [1.807, 2.05) is 0 Å². The van der Waals surface area contributed by atoms with E-state index in [0.717, 1.165) is 0 Å². The minimum Gasteiger partial charge on any atom is -0.347 e. The Bertz CT molecular complexity index is 90.8. The van der Waals surface area contributed by atoms with Gasteiger partial charge in [0, 0.05) is 0 Å². The van der Waals surface area contributed by atoms with Crippen molar-refractivity contribution in [3.05, 3.63) is 0 Å². The summed E-state index contributed by atoms with van der Waals surface area (Å²) in [6.45, 7) is 2.66. The van der Waals surface area contributed by atoms with E-state index >= 15 is 0 Å². The van der Waals surface area contributed by atoms with Gasteiger partial charge in [0.15, 0.2) is 0 Å². The Hall–Kier alpha value is 0.490. The summed E-state index contributed by atoms with van der Waals surface area (Å²) >= 11 is 3.56. The molecule has 0 aliphatic carbocycles. The van der Waals surface area contributed by atoms with E-state index in [1.165, 1.54) is 0 Å². The van der Waals surface area contributed by atoms with Crippen molar-refractivity contribution in [2.45, 2.75) is 6.82 Å². The summed E-state index contributed by atoms with van der Waals surface area (Å²) in [7, 11) is 6.26. The fourth-order valence-electron chi connectivity index (χ4n) is 1.12. The van der Waals surface area contributed by atoms with Gasteiger partial charge in [-0.05, 0) is 21.1 Å². The van der Waals surface area contributed by atoms with Crippen LogP contribution in [0, 0.1) is 0 Å². The molecule has 0 aromatic rings. The summed E-state index contributed by atoms with van der Waals surface area (Å²) in [6, 6.07) is 0. The highest BCUT2D eigenvalue weighted by Gasteiger charge is 2.41. The molecule has 1 aliphatic rings. The lowest BCUT2D eigenvalue weighted by Gasteiger charge is -2.21. The molecule has 0 radical (unpaired) electrons. The zero-order valence-corrected chi connectivity index (χ0v) is 8.46. The van der Waals surface area contributed by atoms with Crippen molar-refractivity contribution in [2.24, 2.45) is 0 Å². The van der Waals surface area contributed by atoms with Crippen LogP contribution in [-0.4, -0.2) is 48.5 Å². The highest BCUT2D eigenvalue weighted by atomic mass is 79.9. The minimum atomic E-state index is 0.340. The molecule has 0 spiro atoms. The van der Waals surface area contributed by atoms with Gasteiger partial charge in [0.25, 0.3) is 0 Å². The van der Waals surface area contributed by atoms with E-state index in [2.05, 4.69) is 58.3 Å². The van der Waals surface area contributed by atoms with Gasteiger partial charge in [0.2, 0.25) is 0 Å². The van der Waals surface area contributed by atoms with Gasteiger partial charge in [-0.2, -0.15) is 0 Å². The van der Waals surface area contributed by atoms with Crippen molar-refractivity contribution in [3.63, 3.8) is 0 Å². The summed E-state index contributed by atoms with van der Waals surface area (Å²) in [5.41, 5.74) is 0. The molecule has 3 nitrogen and oxygen atoms in total. The fraction of sp³-hybridized carbons (Fsp3) is 1.00. The van der Waals surface area contributed by atoms with Crippen molar-refractivity contribution < 1.29 is 0 Å². The first kappa shape index (κ1) is 8.59. The topological polar surface area (TPSA) is 9.72 Å². The number of rotatable bonds is 0. The standard InChI is InChI=1S/C4H12B2BrN3/c1-5-8(2)6(7)10(4)9(5)3/h1-4H3. The maximum Gasteiger partial charge on any atom is 0.393 e. The minimum absolute atomic E-state index is 0.340. The van der Waals surface area contributed by atoms with E-state index in [0.29, 0.717) is 12.8 Å². The van der Waals surface area contributed by atoms with E-state index in [4.69, 9.17) is 0 Å².